The van der Waals surface area contributed by atoms with Gasteiger partial charge in [0.2, 0.25) is 0 Å². The number of ether oxygens (including phenoxy) is 2. The molecule has 0 radical (unpaired) electrons. The van der Waals surface area contributed by atoms with Crippen LogP contribution in [0, 0.1) is 0 Å². The lowest BCUT2D eigenvalue weighted by atomic mass is 10.1. The summed E-state index contributed by atoms with van der Waals surface area (Å²) >= 11 is 0. The van der Waals surface area contributed by atoms with E-state index in [1.54, 1.807) is 11.1 Å². The van der Waals surface area contributed by atoms with Gasteiger partial charge in [-0.1, -0.05) is 25.9 Å². The van der Waals surface area contributed by atoms with Crippen LogP contribution >= 0.6 is 0 Å². The van der Waals surface area contributed by atoms with Gasteiger partial charge in [-0.2, -0.15) is 4.98 Å². The van der Waals surface area contributed by atoms with E-state index in [1.807, 2.05) is 32.9 Å². The van der Waals surface area contributed by atoms with Crippen molar-refractivity contribution >= 4 is 25.4 Å². The minimum Gasteiger partial charge on any atom is -0.451 e. The van der Waals surface area contributed by atoms with Crippen molar-refractivity contribution in [1.82, 2.24) is 20.0 Å². The highest BCUT2D eigenvalue weighted by Crippen LogP contribution is 2.37. The van der Waals surface area contributed by atoms with Gasteiger partial charge in [0.15, 0.2) is 19.9 Å². The molecule has 0 bridgehead atoms. The van der Waals surface area contributed by atoms with Gasteiger partial charge < -0.3 is 27.7 Å². The Balaban J connectivity index is 1.34. The maximum Gasteiger partial charge on any atom is 0.410 e. The highest BCUT2D eigenvalue weighted by atomic mass is 28.4. The van der Waals surface area contributed by atoms with Crippen LogP contribution in [-0.4, -0.2) is 59.2 Å². The number of fused-ring (bicyclic) bond motifs is 1. The number of rotatable bonds is 7. The molecule has 3 aromatic heterocycles. The molecule has 0 atom stereocenters. The highest BCUT2D eigenvalue weighted by molar-refractivity contribution is 6.74. The predicted octanol–water partition coefficient (Wildman–Crippen LogP) is 6.32. The fourth-order valence-corrected chi connectivity index (χ4v) is 4.77. The molecule has 1 amide bonds. The van der Waals surface area contributed by atoms with E-state index in [4.69, 9.17) is 22.8 Å². The van der Waals surface area contributed by atoms with Gasteiger partial charge in [-0.15, -0.1) is 0 Å². The summed E-state index contributed by atoms with van der Waals surface area (Å²) in [6.07, 6.45) is 2.90. The Hall–Kier alpha value is -2.76. The first kappa shape index (κ1) is 28.3. The smallest absolute Gasteiger partial charge is 0.410 e. The summed E-state index contributed by atoms with van der Waals surface area (Å²) in [5, 5.41) is 5.04. The molecule has 208 valence electrons. The fourth-order valence-electron chi connectivity index (χ4n) is 3.84. The lowest BCUT2D eigenvalue weighted by molar-refractivity contribution is -0.0190. The molecule has 1 aliphatic rings. The van der Waals surface area contributed by atoms with Crippen molar-refractivity contribution in [2.24, 2.45) is 0 Å². The molecule has 0 aliphatic carbocycles. The molecule has 11 heteroatoms. The van der Waals surface area contributed by atoms with E-state index in [9.17, 15) is 4.79 Å². The van der Waals surface area contributed by atoms with Crippen LogP contribution in [0.1, 0.15) is 65.9 Å². The molecule has 0 saturated carbocycles. The molecule has 1 aliphatic heterocycles. The number of amides is 1. The Morgan fingerprint density at radius 3 is 2.50 bits per heavy atom. The number of carbonyl (C=O) groups excluding carboxylic acids is 1. The van der Waals surface area contributed by atoms with Crippen molar-refractivity contribution in [3.8, 4) is 11.7 Å². The number of pyridine rings is 1. The maximum absolute atomic E-state index is 12.3. The van der Waals surface area contributed by atoms with Gasteiger partial charge in [0.25, 0.3) is 5.89 Å². The molecule has 10 nitrogen and oxygen atoms in total. The predicted molar refractivity (Wildman–Crippen MR) is 145 cm³/mol. The van der Waals surface area contributed by atoms with Crippen molar-refractivity contribution in [3.63, 3.8) is 0 Å². The largest absolute Gasteiger partial charge is 0.451 e. The van der Waals surface area contributed by atoms with E-state index in [-0.39, 0.29) is 29.7 Å². The molecule has 38 heavy (non-hydrogen) atoms. The van der Waals surface area contributed by atoms with Crippen LogP contribution in [0.5, 0.6) is 0 Å². The third-order valence-corrected chi connectivity index (χ3v) is 11.6. The normalized spacial score (nSPS) is 15.8. The standard InChI is InChI=1S/C27H40N4O6Si/c1-26(2,3)36-25(32)31-13-10-18(11-14-31)33-17-23-29-24(37-30-23)22-15-19-20(28-12-9-21(19)35-22)16-34-38(7,8)27(4,5)6/h9,12,15,18H,10-11,13-14,16-17H2,1-8H3. The Morgan fingerprint density at radius 1 is 1.13 bits per heavy atom. The summed E-state index contributed by atoms with van der Waals surface area (Å²) in [6, 6.07) is 3.69. The van der Waals surface area contributed by atoms with E-state index >= 15 is 0 Å². The zero-order valence-corrected chi connectivity index (χ0v) is 24.8. The second-order valence-electron chi connectivity index (χ2n) is 12.3. The summed E-state index contributed by atoms with van der Waals surface area (Å²) in [5.41, 5.74) is 1.01. The zero-order chi connectivity index (χ0) is 27.7. The Kier molecular flexibility index (Phi) is 8.01. The van der Waals surface area contributed by atoms with Gasteiger partial charge in [-0.3, -0.25) is 4.98 Å². The molecule has 4 rings (SSSR count). The average molecular weight is 545 g/mol. The van der Waals surface area contributed by atoms with Gasteiger partial charge in [0, 0.05) is 24.7 Å². The average Bonchev–Trinajstić information content (AvgIpc) is 3.47. The number of furan rings is 1. The minimum absolute atomic E-state index is 0.0105. The van der Waals surface area contributed by atoms with Crippen molar-refractivity contribution in [3.05, 3.63) is 29.8 Å². The van der Waals surface area contributed by atoms with Crippen LogP contribution in [0.4, 0.5) is 4.79 Å². The molecule has 0 N–H and O–H groups in total. The van der Waals surface area contributed by atoms with Crippen molar-refractivity contribution < 1.29 is 27.6 Å². The number of nitrogens with zero attached hydrogens (tertiary/aromatic N) is 4. The second kappa shape index (κ2) is 10.8. The monoisotopic (exact) mass is 544 g/mol. The number of likely N-dealkylation sites (tertiary alicyclic amines) is 1. The SMILES string of the molecule is CC(C)(C)OC(=O)N1CCC(OCc2noc(-c3cc4c(CO[Si](C)(C)C(C)(C)C)nccc4o3)n2)CC1. The highest BCUT2D eigenvalue weighted by Gasteiger charge is 2.37. The molecule has 0 aromatic carbocycles. The lowest BCUT2D eigenvalue weighted by Gasteiger charge is -2.36. The summed E-state index contributed by atoms with van der Waals surface area (Å²) in [7, 11) is -1.92. The van der Waals surface area contributed by atoms with Crippen molar-refractivity contribution in [1.29, 1.82) is 0 Å². The zero-order valence-electron chi connectivity index (χ0n) is 23.8. The van der Waals surface area contributed by atoms with Crippen LogP contribution in [0.3, 0.4) is 0 Å². The van der Waals surface area contributed by atoms with Crippen LogP contribution in [0.25, 0.3) is 22.6 Å². The van der Waals surface area contributed by atoms with E-state index in [0.29, 0.717) is 36.9 Å². The third kappa shape index (κ3) is 6.81. The Morgan fingerprint density at radius 2 is 1.84 bits per heavy atom. The van der Waals surface area contributed by atoms with E-state index < -0.39 is 13.9 Å². The summed E-state index contributed by atoms with van der Waals surface area (Å²) < 4.78 is 29.3. The number of carbonyl (C=O) groups is 1. The Labute approximate surface area is 225 Å². The first-order valence-corrected chi connectivity index (χ1v) is 16.1. The topological polar surface area (TPSA) is 113 Å². The molecule has 4 heterocycles. The van der Waals surface area contributed by atoms with E-state index in [0.717, 1.165) is 23.9 Å². The minimum atomic E-state index is -1.92. The van der Waals surface area contributed by atoms with Crippen LogP contribution in [0.2, 0.25) is 18.1 Å². The number of aromatic nitrogens is 3. The number of hydrogen-bond acceptors (Lipinski definition) is 9. The molecular weight excluding hydrogens is 504 g/mol. The van der Waals surface area contributed by atoms with Crippen molar-refractivity contribution in [2.75, 3.05) is 13.1 Å². The van der Waals surface area contributed by atoms with E-state index in [1.165, 1.54) is 0 Å². The summed E-state index contributed by atoms with van der Waals surface area (Å²) in [5.74, 6) is 1.21. The van der Waals surface area contributed by atoms with Crippen molar-refractivity contribution in [2.45, 2.75) is 97.4 Å². The van der Waals surface area contributed by atoms with Gasteiger partial charge >= 0.3 is 6.09 Å². The summed E-state index contributed by atoms with van der Waals surface area (Å²) in [6.45, 7) is 18.5. The third-order valence-electron chi connectivity index (χ3n) is 7.12. The fraction of sp³-hybridized carbons (Fsp3) is 0.630. The molecule has 0 unspecified atom stereocenters. The maximum atomic E-state index is 12.3. The number of hydrogen-bond donors (Lipinski definition) is 0. The van der Waals surface area contributed by atoms with Gasteiger partial charge in [0.05, 0.1) is 18.4 Å². The van der Waals surface area contributed by atoms with Gasteiger partial charge in [-0.25, -0.2) is 4.79 Å². The Bertz CT molecular complexity index is 1250. The van der Waals surface area contributed by atoms with E-state index in [2.05, 4.69) is 49.0 Å². The quantitative estimate of drug-likeness (QED) is 0.315. The van der Waals surface area contributed by atoms with Crippen LogP contribution < -0.4 is 0 Å². The lowest BCUT2D eigenvalue weighted by Crippen LogP contribution is -2.43. The van der Waals surface area contributed by atoms with Gasteiger partial charge in [-0.05, 0) is 63.9 Å². The molecule has 1 saturated heterocycles. The molecule has 0 spiro atoms. The second-order valence-corrected chi connectivity index (χ2v) is 17.1. The van der Waals surface area contributed by atoms with Crippen LogP contribution in [-0.2, 0) is 27.1 Å². The van der Waals surface area contributed by atoms with Gasteiger partial charge in [0.1, 0.15) is 17.8 Å². The van der Waals surface area contributed by atoms with Crippen LogP contribution in [0.15, 0.2) is 27.3 Å². The number of piperidine rings is 1. The molecule has 1 fully saturated rings. The first-order chi connectivity index (χ1) is 17.7. The first-order valence-electron chi connectivity index (χ1n) is 13.2. The molecular formula is C27H40N4O6Si. The summed E-state index contributed by atoms with van der Waals surface area (Å²) in [4.78, 5) is 23.0. The molecule has 3 aromatic rings.